The predicted octanol–water partition coefficient (Wildman–Crippen LogP) is 2.65. The molecule has 0 spiro atoms. The van der Waals surface area contributed by atoms with Crippen molar-refractivity contribution >= 4 is 22.2 Å². The van der Waals surface area contributed by atoms with Gasteiger partial charge in [0.25, 0.3) is 10.1 Å². The molecule has 0 saturated heterocycles. The summed E-state index contributed by atoms with van der Waals surface area (Å²) in [7, 11) is -4.24. The topological polar surface area (TPSA) is 72.8 Å². The van der Waals surface area contributed by atoms with Gasteiger partial charge in [0.15, 0.2) is 5.75 Å². The summed E-state index contributed by atoms with van der Waals surface area (Å²) in [6.45, 7) is 3.88. The van der Waals surface area contributed by atoms with Gasteiger partial charge in [-0.15, -0.1) is 4.33 Å². The molecule has 96 valence electrons. The molecule has 0 heterocycles. The molecule has 0 aromatic heterocycles. The SMILES string of the molecule is CSOOc1cc(S(=O)(=O)O)ccc1C(C)C. The van der Waals surface area contributed by atoms with E-state index >= 15 is 0 Å². The van der Waals surface area contributed by atoms with Crippen LogP contribution in [0, 0.1) is 0 Å². The molecule has 0 aliphatic rings. The molecular formula is C10H14O5S2. The molecule has 0 fully saturated rings. The van der Waals surface area contributed by atoms with E-state index < -0.39 is 10.1 Å². The highest BCUT2D eigenvalue weighted by molar-refractivity contribution is 7.93. The third-order valence-electron chi connectivity index (χ3n) is 2.10. The van der Waals surface area contributed by atoms with E-state index in [-0.39, 0.29) is 16.6 Å². The fraction of sp³-hybridized carbons (Fsp3) is 0.400. The second kappa shape index (κ2) is 5.72. The summed E-state index contributed by atoms with van der Waals surface area (Å²) >= 11 is 0.996. The van der Waals surface area contributed by atoms with E-state index in [0.717, 1.165) is 17.6 Å². The van der Waals surface area contributed by atoms with Crippen molar-refractivity contribution in [3.05, 3.63) is 23.8 Å². The predicted molar refractivity (Wildman–Crippen MR) is 65.6 cm³/mol. The first-order valence-corrected chi connectivity index (χ1v) is 7.44. The van der Waals surface area contributed by atoms with Gasteiger partial charge in [0, 0.05) is 29.9 Å². The van der Waals surface area contributed by atoms with Crippen LogP contribution in [0.4, 0.5) is 0 Å². The lowest BCUT2D eigenvalue weighted by atomic mass is 10.0. The Morgan fingerprint density at radius 1 is 1.35 bits per heavy atom. The maximum Gasteiger partial charge on any atom is 0.294 e. The number of hydrogen-bond donors (Lipinski definition) is 1. The molecule has 0 unspecified atom stereocenters. The van der Waals surface area contributed by atoms with Crippen LogP contribution in [0.3, 0.4) is 0 Å². The summed E-state index contributed by atoms with van der Waals surface area (Å²) in [5.74, 6) is 0.426. The maximum atomic E-state index is 11.0. The highest BCUT2D eigenvalue weighted by Crippen LogP contribution is 2.29. The minimum atomic E-state index is -4.24. The van der Waals surface area contributed by atoms with Gasteiger partial charge in [-0.2, -0.15) is 8.42 Å². The van der Waals surface area contributed by atoms with Gasteiger partial charge in [0.2, 0.25) is 0 Å². The Balaban J connectivity index is 3.19. The van der Waals surface area contributed by atoms with Gasteiger partial charge < -0.3 is 4.89 Å². The molecule has 0 aliphatic heterocycles. The lowest BCUT2D eigenvalue weighted by Gasteiger charge is -2.12. The summed E-state index contributed by atoms with van der Waals surface area (Å²) < 4.78 is 35.6. The highest BCUT2D eigenvalue weighted by Gasteiger charge is 2.16. The van der Waals surface area contributed by atoms with Crippen molar-refractivity contribution in [1.29, 1.82) is 0 Å². The van der Waals surface area contributed by atoms with E-state index in [1.54, 1.807) is 12.3 Å². The third-order valence-corrected chi connectivity index (χ3v) is 3.15. The Kier molecular flexibility index (Phi) is 4.81. The lowest BCUT2D eigenvalue weighted by molar-refractivity contribution is -0.0783. The van der Waals surface area contributed by atoms with Crippen molar-refractivity contribution in [2.24, 2.45) is 0 Å². The van der Waals surface area contributed by atoms with Crippen LogP contribution >= 0.6 is 12.0 Å². The van der Waals surface area contributed by atoms with Gasteiger partial charge >= 0.3 is 0 Å². The van der Waals surface area contributed by atoms with Gasteiger partial charge in [-0.05, 0) is 12.0 Å². The van der Waals surface area contributed by atoms with E-state index in [0.29, 0.717) is 0 Å². The van der Waals surface area contributed by atoms with Gasteiger partial charge in [0.1, 0.15) is 0 Å². The molecule has 0 saturated carbocycles. The molecule has 0 amide bonds. The molecule has 0 aliphatic carbocycles. The number of benzene rings is 1. The molecular weight excluding hydrogens is 264 g/mol. The first-order valence-electron chi connectivity index (χ1n) is 4.85. The number of rotatable bonds is 5. The summed E-state index contributed by atoms with van der Waals surface area (Å²) in [6.07, 6.45) is 1.67. The second-order valence-electron chi connectivity index (χ2n) is 3.65. The standard InChI is InChI=1S/C10H14O5S2/c1-7(2)9-5-4-8(17(11,12)13)6-10(9)14-15-16-3/h4-7H,1-3H3,(H,11,12,13). The molecule has 7 heteroatoms. The Morgan fingerprint density at radius 3 is 2.47 bits per heavy atom. The molecule has 5 nitrogen and oxygen atoms in total. The van der Waals surface area contributed by atoms with Crippen molar-refractivity contribution in [2.75, 3.05) is 6.26 Å². The van der Waals surface area contributed by atoms with Gasteiger partial charge in [-0.25, -0.2) is 0 Å². The smallest absolute Gasteiger partial charge is 0.294 e. The Bertz CT molecular complexity index is 481. The quantitative estimate of drug-likeness (QED) is 0.386. The molecule has 1 rings (SSSR count). The van der Waals surface area contributed by atoms with E-state index in [2.05, 4.69) is 0 Å². The largest absolute Gasteiger partial charge is 0.325 e. The van der Waals surface area contributed by atoms with Crippen LogP contribution in [0.5, 0.6) is 5.75 Å². The second-order valence-corrected chi connectivity index (χ2v) is 5.54. The van der Waals surface area contributed by atoms with Crippen molar-refractivity contribution < 1.29 is 22.2 Å². The highest BCUT2D eigenvalue weighted by atomic mass is 32.2. The Hall–Kier alpha value is -0.760. The van der Waals surface area contributed by atoms with Crippen molar-refractivity contribution in [1.82, 2.24) is 0 Å². The van der Waals surface area contributed by atoms with Gasteiger partial charge in [-0.1, -0.05) is 19.9 Å². The molecule has 0 atom stereocenters. The molecule has 0 radical (unpaired) electrons. The minimum absolute atomic E-state index is 0.144. The summed E-state index contributed by atoms with van der Waals surface area (Å²) in [5.41, 5.74) is 0.798. The Labute approximate surface area is 105 Å². The zero-order valence-corrected chi connectivity index (χ0v) is 11.3. The normalized spacial score (nSPS) is 11.8. The summed E-state index contributed by atoms with van der Waals surface area (Å²) in [6, 6.07) is 4.16. The summed E-state index contributed by atoms with van der Waals surface area (Å²) in [4.78, 5) is 4.75. The van der Waals surface area contributed by atoms with Crippen LogP contribution in [0.15, 0.2) is 23.1 Å². The monoisotopic (exact) mass is 278 g/mol. The molecule has 1 aromatic rings. The number of hydrogen-bond acceptors (Lipinski definition) is 5. The zero-order valence-electron chi connectivity index (χ0n) is 9.71. The van der Waals surface area contributed by atoms with Crippen molar-refractivity contribution in [3.8, 4) is 5.75 Å². The molecule has 0 bridgehead atoms. The molecule has 1 N–H and O–H groups in total. The van der Waals surface area contributed by atoms with Crippen molar-refractivity contribution in [2.45, 2.75) is 24.7 Å². The van der Waals surface area contributed by atoms with E-state index in [4.69, 9.17) is 13.8 Å². The van der Waals surface area contributed by atoms with Crippen molar-refractivity contribution in [3.63, 3.8) is 0 Å². The lowest BCUT2D eigenvalue weighted by Crippen LogP contribution is -2.02. The average Bonchev–Trinajstić information content (AvgIpc) is 2.24. The van der Waals surface area contributed by atoms with E-state index in [1.165, 1.54) is 12.1 Å². The van der Waals surface area contributed by atoms with Crippen LogP contribution in [0.25, 0.3) is 0 Å². The zero-order chi connectivity index (χ0) is 13.1. The van der Waals surface area contributed by atoms with E-state index in [9.17, 15) is 8.42 Å². The molecule has 1 aromatic carbocycles. The van der Waals surface area contributed by atoms with Crippen LogP contribution in [-0.4, -0.2) is 19.2 Å². The first-order chi connectivity index (χ1) is 7.86. The minimum Gasteiger partial charge on any atom is -0.325 e. The fourth-order valence-electron chi connectivity index (χ4n) is 1.29. The molecule has 17 heavy (non-hydrogen) atoms. The first kappa shape index (κ1) is 14.3. The van der Waals surface area contributed by atoms with Crippen LogP contribution in [-0.2, 0) is 14.5 Å². The summed E-state index contributed by atoms with van der Waals surface area (Å²) in [5, 5.41) is 0. The van der Waals surface area contributed by atoms with Crippen LogP contribution in [0.1, 0.15) is 25.3 Å². The average molecular weight is 278 g/mol. The van der Waals surface area contributed by atoms with Crippen LogP contribution in [0.2, 0.25) is 0 Å². The van der Waals surface area contributed by atoms with E-state index in [1.807, 2.05) is 13.8 Å². The van der Waals surface area contributed by atoms with Gasteiger partial charge in [0.05, 0.1) is 4.90 Å². The Morgan fingerprint density at radius 2 is 2.00 bits per heavy atom. The van der Waals surface area contributed by atoms with Gasteiger partial charge in [-0.3, -0.25) is 4.55 Å². The fourth-order valence-corrected chi connectivity index (χ4v) is 1.93. The van der Waals surface area contributed by atoms with Crippen LogP contribution < -0.4 is 4.89 Å². The third kappa shape index (κ3) is 3.88. The maximum absolute atomic E-state index is 11.0.